The number of aliphatic hydroxyl groups is 1. The number of allylic oxidation sites excluding steroid dienone is 1. The molecule has 0 spiro atoms. The number of hydrogen-bond acceptors (Lipinski definition) is 3. The molecule has 3 atom stereocenters. The summed E-state index contributed by atoms with van der Waals surface area (Å²) in [5.74, 6) is 1.61. The van der Waals surface area contributed by atoms with Crippen LogP contribution in [0.3, 0.4) is 0 Å². The highest BCUT2D eigenvalue weighted by molar-refractivity contribution is 5.90. The zero-order valence-corrected chi connectivity index (χ0v) is 17.3. The van der Waals surface area contributed by atoms with E-state index in [0.717, 1.165) is 44.5 Å². The van der Waals surface area contributed by atoms with Crippen molar-refractivity contribution in [3.63, 3.8) is 0 Å². The zero-order valence-electron chi connectivity index (χ0n) is 17.3. The minimum Gasteiger partial charge on any atom is -0.372 e. The molecule has 0 aromatic heterocycles. The van der Waals surface area contributed by atoms with Gasteiger partial charge >= 0.3 is 0 Å². The Hall–Kier alpha value is -2.43. The van der Waals surface area contributed by atoms with Crippen LogP contribution in [0, 0.1) is 17.8 Å². The van der Waals surface area contributed by atoms with Crippen molar-refractivity contribution in [2.45, 2.75) is 31.4 Å². The van der Waals surface area contributed by atoms with Gasteiger partial charge in [-0.3, -0.25) is 9.69 Å². The van der Waals surface area contributed by atoms with Gasteiger partial charge < -0.3 is 10.4 Å². The van der Waals surface area contributed by atoms with Crippen molar-refractivity contribution in [3.8, 4) is 0 Å². The lowest BCUT2D eigenvalue weighted by Crippen LogP contribution is -2.46. The molecule has 1 saturated heterocycles. The first kappa shape index (κ1) is 19.5. The van der Waals surface area contributed by atoms with Gasteiger partial charge in [0.1, 0.15) is 0 Å². The Morgan fingerprint density at radius 3 is 2.33 bits per heavy atom. The summed E-state index contributed by atoms with van der Waals surface area (Å²) < 4.78 is 0. The Morgan fingerprint density at radius 1 is 1.03 bits per heavy atom. The molecule has 2 N–H and O–H groups in total. The molecule has 4 heteroatoms. The second-order valence-corrected chi connectivity index (χ2v) is 9.08. The van der Waals surface area contributed by atoms with Gasteiger partial charge in [-0.25, -0.2) is 0 Å². The molecule has 1 heterocycles. The molecule has 1 saturated carbocycles. The highest BCUT2D eigenvalue weighted by Gasteiger charge is 2.55. The van der Waals surface area contributed by atoms with Gasteiger partial charge in [0.25, 0.3) is 5.91 Å². The molecule has 0 bridgehead atoms. The van der Waals surface area contributed by atoms with Gasteiger partial charge in [0.05, 0.1) is 0 Å². The molecule has 4 nitrogen and oxygen atoms in total. The van der Waals surface area contributed by atoms with Crippen LogP contribution in [-0.4, -0.2) is 35.5 Å². The number of benzene rings is 2. The molecular formula is C26H30N2O2. The quantitative estimate of drug-likeness (QED) is 0.697. The van der Waals surface area contributed by atoms with Crippen molar-refractivity contribution in [2.75, 3.05) is 19.6 Å². The lowest BCUT2D eigenvalue weighted by Gasteiger charge is -2.29. The largest absolute Gasteiger partial charge is 0.372 e. The smallest absolute Gasteiger partial charge is 0.261 e. The van der Waals surface area contributed by atoms with Crippen molar-refractivity contribution in [3.05, 3.63) is 83.4 Å². The van der Waals surface area contributed by atoms with Crippen molar-refractivity contribution in [1.29, 1.82) is 0 Å². The highest BCUT2D eigenvalue weighted by Crippen LogP contribution is 2.51. The van der Waals surface area contributed by atoms with Crippen LogP contribution in [0.15, 0.2) is 72.3 Å². The van der Waals surface area contributed by atoms with Crippen molar-refractivity contribution < 1.29 is 9.90 Å². The predicted octanol–water partition coefficient (Wildman–Crippen LogP) is 3.48. The standard InChI is InChI=1S/C26H30N2O2/c29-25(26(30,21-13-7-8-14-21)20-11-5-2-6-12-20)27-15-22-23-17-28(18-24(22)23)16-19-9-3-1-4-10-19/h1-6,9-13,22-24,30H,7-8,14-18H2,(H,27,29). The molecule has 156 valence electrons. The number of piperidine rings is 1. The van der Waals surface area contributed by atoms with Gasteiger partial charge in [-0.05, 0) is 53.7 Å². The Kier molecular flexibility index (Phi) is 5.21. The first-order valence-electron chi connectivity index (χ1n) is 11.2. The molecule has 30 heavy (non-hydrogen) atoms. The molecule has 0 radical (unpaired) electrons. The summed E-state index contributed by atoms with van der Waals surface area (Å²) in [6.45, 7) is 3.88. The summed E-state index contributed by atoms with van der Waals surface area (Å²) in [4.78, 5) is 15.7. The number of nitrogens with zero attached hydrogens (tertiary/aromatic N) is 1. The molecule has 1 aliphatic heterocycles. The Morgan fingerprint density at radius 2 is 1.70 bits per heavy atom. The van der Waals surface area contributed by atoms with Crippen LogP contribution in [0.4, 0.5) is 0 Å². The maximum absolute atomic E-state index is 13.2. The van der Waals surface area contributed by atoms with Gasteiger partial charge in [0, 0.05) is 26.2 Å². The van der Waals surface area contributed by atoms with Gasteiger partial charge in [-0.15, -0.1) is 0 Å². The van der Waals surface area contributed by atoms with Crippen LogP contribution in [0.2, 0.25) is 0 Å². The average molecular weight is 403 g/mol. The minimum atomic E-state index is -1.54. The summed E-state index contributed by atoms with van der Waals surface area (Å²) in [6, 6.07) is 20.0. The van der Waals surface area contributed by atoms with E-state index in [9.17, 15) is 9.90 Å². The van der Waals surface area contributed by atoms with Crippen LogP contribution in [-0.2, 0) is 16.9 Å². The fourth-order valence-corrected chi connectivity index (χ4v) is 5.49. The minimum absolute atomic E-state index is 0.270. The van der Waals surface area contributed by atoms with Crippen LogP contribution in [0.5, 0.6) is 0 Å². The van der Waals surface area contributed by atoms with E-state index in [4.69, 9.17) is 0 Å². The third kappa shape index (κ3) is 3.59. The molecular weight excluding hydrogens is 372 g/mol. The van der Waals surface area contributed by atoms with E-state index in [1.165, 1.54) is 5.56 Å². The summed E-state index contributed by atoms with van der Waals surface area (Å²) in [5.41, 5.74) is 1.33. The molecule has 1 amide bonds. The highest BCUT2D eigenvalue weighted by atomic mass is 16.3. The third-order valence-corrected chi connectivity index (χ3v) is 7.22. The van der Waals surface area contributed by atoms with Crippen LogP contribution < -0.4 is 5.32 Å². The molecule has 3 aliphatic rings. The maximum Gasteiger partial charge on any atom is 0.261 e. The predicted molar refractivity (Wildman–Crippen MR) is 117 cm³/mol. The monoisotopic (exact) mass is 402 g/mol. The molecule has 2 aromatic carbocycles. The second kappa shape index (κ2) is 8.01. The van der Waals surface area contributed by atoms with E-state index in [1.54, 1.807) is 0 Å². The molecule has 2 aromatic rings. The SMILES string of the molecule is O=C(NCC1C2CN(Cc3ccccc3)CC12)C(O)(C1=CCCC1)c1ccccc1. The van der Waals surface area contributed by atoms with Gasteiger partial charge in [-0.2, -0.15) is 0 Å². The number of carbonyl (C=O) groups excluding carboxylic acids is 1. The maximum atomic E-state index is 13.2. The topological polar surface area (TPSA) is 52.6 Å². The van der Waals surface area contributed by atoms with Gasteiger partial charge in [-0.1, -0.05) is 66.7 Å². The number of rotatable bonds is 7. The molecule has 2 aliphatic carbocycles. The number of likely N-dealkylation sites (tertiary alicyclic amines) is 1. The van der Waals surface area contributed by atoms with E-state index in [-0.39, 0.29) is 5.91 Å². The number of nitrogens with one attached hydrogen (secondary N) is 1. The number of hydrogen-bond donors (Lipinski definition) is 2. The Bertz CT molecular complexity index is 915. The fraction of sp³-hybridized carbons (Fsp3) is 0.423. The second-order valence-electron chi connectivity index (χ2n) is 9.08. The van der Waals surface area contributed by atoms with Gasteiger partial charge in [0.15, 0.2) is 5.60 Å². The van der Waals surface area contributed by atoms with E-state index >= 15 is 0 Å². The van der Waals surface area contributed by atoms with Crippen molar-refractivity contribution >= 4 is 5.91 Å². The summed E-state index contributed by atoms with van der Waals surface area (Å²) in [7, 11) is 0. The Balaban J connectivity index is 1.18. The average Bonchev–Trinajstić information content (AvgIpc) is 3.17. The third-order valence-electron chi connectivity index (χ3n) is 7.22. The molecule has 2 fully saturated rings. The fourth-order valence-electron chi connectivity index (χ4n) is 5.49. The van der Waals surface area contributed by atoms with Crippen LogP contribution in [0.1, 0.15) is 30.4 Å². The molecule has 5 rings (SSSR count). The first-order valence-corrected chi connectivity index (χ1v) is 11.2. The Labute approximate surface area is 178 Å². The van der Waals surface area contributed by atoms with Crippen molar-refractivity contribution in [2.24, 2.45) is 17.8 Å². The van der Waals surface area contributed by atoms with E-state index in [0.29, 0.717) is 29.9 Å². The lowest BCUT2D eigenvalue weighted by molar-refractivity contribution is -0.137. The van der Waals surface area contributed by atoms with Crippen LogP contribution >= 0.6 is 0 Å². The number of fused-ring (bicyclic) bond motifs is 1. The van der Waals surface area contributed by atoms with E-state index < -0.39 is 5.60 Å². The molecule has 3 unspecified atom stereocenters. The van der Waals surface area contributed by atoms with Crippen molar-refractivity contribution in [1.82, 2.24) is 10.2 Å². The zero-order chi connectivity index (χ0) is 20.6. The van der Waals surface area contributed by atoms with Gasteiger partial charge in [0.2, 0.25) is 0 Å². The lowest BCUT2D eigenvalue weighted by atomic mass is 9.84. The summed E-state index contributed by atoms with van der Waals surface area (Å²) in [5, 5.41) is 14.6. The first-order chi connectivity index (χ1) is 14.7. The number of carbonyl (C=O) groups is 1. The number of amides is 1. The van der Waals surface area contributed by atoms with E-state index in [1.807, 2.05) is 36.4 Å². The summed E-state index contributed by atoms with van der Waals surface area (Å²) in [6.07, 6.45) is 4.76. The normalized spacial score (nSPS) is 27.2. The van der Waals surface area contributed by atoms with Crippen LogP contribution in [0.25, 0.3) is 0 Å². The summed E-state index contributed by atoms with van der Waals surface area (Å²) >= 11 is 0. The van der Waals surface area contributed by atoms with E-state index in [2.05, 4.69) is 40.5 Å².